The van der Waals surface area contributed by atoms with Crippen molar-refractivity contribution < 1.29 is 0 Å². The van der Waals surface area contributed by atoms with Crippen molar-refractivity contribution in [2.24, 2.45) is 0 Å². The predicted molar refractivity (Wildman–Crippen MR) is 68.9 cm³/mol. The average molecular weight is 237 g/mol. The summed E-state index contributed by atoms with van der Waals surface area (Å²) in [5, 5.41) is 0.870. The van der Waals surface area contributed by atoms with Crippen molar-refractivity contribution in [3.63, 3.8) is 0 Å². The molecule has 0 spiro atoms. The van der Waals surface area contributed by atoms with Crippen molar-refractivity contribution >= 4 is 22.9 Å². The number of hydrogen-bond donors (Lipinski definition) is 0. The molecule has 0 N–H and O–H groups in total. The van der Waals surface area contributed by atoms with E-state index in [0.29, 0.717) is 5.92 Å². The molecule has 0 unspecified atom stereocenters. The molecule has 0 nitrogen and oxygen atoms in total. The normalized spacial score (nSPS) is 10.9. The summed E-state index contributed by atoms with van der Waals surface area (Å²) in [6.07, 6.45) is 0. The van der Waals surface area contributed by atoms with Crippen molar-refractivity contribution in [2.75, 3.05) is 0 Å². The molecule has 0 amide bonds. The summed E-state index contributed by atoms with van der Waals surface area (Å²) in [5.41, 5.74) is 1.21. The highest BCUT2D eigenvalue weighted by atomic mass is 35.5. The lowest BCUT2D eigenvalue weighted by Gasteiger charge is -1.98. The first-order valence-electron chi connectivity index (χ1n) is 5.03. The fraction of sp³-hybridized carbons (Fsp3) is 0.231. The van der Waals surface area contributed by atoms with Crippen molar-refractivity contribution in [3.05, 3.63) is 46.3 Å². The first-order chi connectivity index (χ1) is 7.18. The topological polar surface area (TPSA) is 0 Å². The highest BCUT2D eigenvalue weighted by Gasteiger charge is 2.10. The molecule has 0 atom stereocenters. The number of rotatable bonds is 2. The molecule has 0 aliphatic carbocycles. The molecule has 0 radical (unpaired) electrons. The van der Waals surface area contributed by atoms with Gasteiger partial charge in [0.05, 0.1) is 9.90 Å². The highest BCUT2D eigenvalue weighted by Crippen LogP contribution is 2.38. The summed E-state index contributed by atoms with van der Waals surface area (Å²) in [5.74, 6) is 0.546. The molecule has 1 aromatic heterocycles. The van der Waals surface area contributed by atoms with Crippen LogP contribution in [0.3, 0.4) is 0 Å². The van der Waals surface area contributed by atoms with E-state index in [1.54, 1.807) is 11.3 Å². The third kappa shape index (κ3) is 2.24. The van der Waals surface area contributed by atoms with Gasteiger partial charge < -0.3 is 0 Å². The molecule has 78 valence electrons. The lowest BCUT2D eigenvalue weighted by molar-refractivity contribution is 0.890. The number of hydrogen-bond acceptors (Lipinski definition) is 1. The van der Waals surface area contributed by atoms with Crippen LogP contribution in [-0.4, -0.2) is 0 Å². The maximum atomic E-state index is 6.23. The van der Waals surface area contributed by atoms with Crippen molar-refractivity contribution in [2.45, 2.75) is 19.8 Å². The van der Waals surface area contributed by atoms with Crippen molar-refractivity contribution in [3.8, 4) is 10.4 Å². The van der Waals surface area contributed by atoms with E-state index in [9.17, 15) is 0 Å². The van der Waals surface area contributed by atoms with Crippen molar-refractivity contribution in [1.82, 2.24) is 0 Å². The highest BCUT2D eigenvalue weighted by molar-refractivity contribution is 7.16. The van der Waals surface area contributed by atoms with Crippen LogP contribution in [0.15, 0.2) is 36.4 Å². The molecule has 2 rings (SSSR count). The molecule has 0 aliphatic rings. The summed E-state index contributed by atoms with van der Waals surface area (Å²) >= 11 is 8.02. The molecular formula is C13H13ClS. The molecule has 15 heavy (non-hydrogen) atoms. The Morgan fingerprint density at radius 2 is 1.80 bits per heavy atom. The average Bonchev–Trinajstić information content (AvgIpc) is 2.62. The molecule has 0 saturated heterocycles. The summed E-state index contributed by atoms with van der Waals surface area (Å²) in [6.45, 7) is 4.38. The van der Waals surface area contributed by atoms with Gasteiger partial charge in [0.15, 0.2) is 0 Å². The van der Waals surface area contributed by atoms with Gasteiger partial charge in [0.2, 0.25) is 0 Å². The van der Waals surface area contributed by atoms with E-state index >= 15 is 0 Å². The zero-order valence-corrected chi connectivity index (χ0v) is 10.4. The Hall–Kier alpha value is -0.790. The Kier molecular flexibility index (Phi) is 3.13. The zero-order chi connectivity index (χ0) is 10.8. The van der Waals surface area contributed by atoms with E-state index in [1.165, 1.54) is 15.3 Å². The van der Waals surface area contributed by atoms with Gasteiger partial charge in [-0.05, 0) is 17.5 Å². The van der Waals surface area contributed by atoms with Crippen LogP contribution in [0.4, 0.5) is 0 Å². The second kappa shape index (κ2) is 4.38. The van der Waals surface area contributed by atoms with Gasteiger partial charge in [-0.25, -0.2) is 0 Å². The smallest absolute Gasteiger partial charge is 0.0595 e. The van der Waals surface area contributed by atoms with Crippen LogP contribution in [0.5, 0.6) is 0 Å². The summed E-state index contributed by atoms with van der Waals surface area (Å²) in [7, 11) is 0. The molecule has 1 aromatic carbocycles. The van der Waals surface area contributed by atoms with E-state index in [0.717, 1.165) is 5.02 Å². The van der Waals surface area contributed by atoms with Gasteiger partial charge in [-0.3, -0.25) is 0 Å². The van der Waals surface area contributed by atoms with Crippen LogP contribution >= 0.6 is 22.9 Å². The van der Waals surface area contributed by atoms with Gasteiger partial charge in [0.25, 0.3) is 0 Å². The van der Waals surface area contributed by atoms with Crippen LogP contribution < -0.4 is 0 Å². The summed E-state index contributed by atoms with van der Waals surface area (Å²) < 4.78 is 0. The Bertz CT molecular complexity index is 443. The van der Waals surface area contributed by atoms with E-state index in [2.05, 4.69) is 32.0 Å². The molecule has 1 heterocycles. The van der Waals surface area contributed by atoms with E-state index in [-0.39, 0.29) is 0 Å². The first-order valence-corrected chi connectivity index (χ1v) is 6.22. The third-order valence-corrected chi connectivity index (χ3v) is 4.21. The zero-order valence-electron chi connectivity index (χ0n) is 8.83. The second-order valence-electron chi connectivity index (χ2n) is 3.85. The minimum Gasteiger partial charge on any atom is -0.138 e. The lowest BCUT2D eigenvalue weighted by Crippen LogP contribution is -1.77. The SMILES string of the molecule is CC(C)c1cc(Cl)c(-c2ccccc2)s1. The van der Waals surface area contributed by atoms with Crippen LogP contribution in [-0.2, 0) is 0 Å². The maximum Gasteiger partial charge on any atom is 0.0595 e. The fourth-order valence-electron chi connectivity index (χ4n) is 1.46. The van der Waals surface area contributed by atoms with Crippen molar-refractivity contribution in [1.29, 1.82) is 0 Å². The van der Waals surface area contributed by atoms with Gasteiger partial charge in [-0.15, -0.1) is 11.3 Å². The summed E-state index contributed by atoms with van der Waals surface area (Å²) in [6, 6.07) is 12.4. The lowest BCUT2D eigenvalue weighted by atomic mass is 10.1. The monoisotopic (exact) mass is 236 g/mol. The van der Waals surface area contributed by atoms with Crippen LogP contribution in [0, 0.1) is 0 Å². The van der Waals surface area contributed by atoms with Gasteiger partial charge >= 0.3 is 0 Å². The summed E-state index contributed by atoms with van der Waals surface area (Å²) in [4.78, 5) is 2.53. The quantitative estimate of drug-likeness (QED) is 0.673. The Labute approximate surface area is 99.5 Å². The minimum absolute atomic E-state index is 0.546. The molecule has 2 heteroatoms. The van der Waals surface area contributed by atoms with E-state index in [1.807, 2.05) is 18.2 Å². The molecule has 0 aliphatic heterocycles. The maximum absolute atomic E-state index is 6.23. The molecule has 2 aromatic rings. The first kappa shape index (κ1) is 10.7. The van der Waals surface area contributed by atoms with Gasteiger partial charge in [-0.2, -0.15) is 0 Å². The molecule has 0 fully saturated rings. The number of halogens is 1. The molecular weight excluding hydrogens is 224 g/mol. The largest absolute Gasteiger partial charge is 0.138 e. The van der Waals surface area contributed by atoms with Gasteiger partial charge in [0, 0.05) is 4.88 Å². The minimum atomic E-state index is 0.546. The van der Waals surface area contributed by atoms with Crippen LogP contribution in [0.25, 0.3) is 10.4 Å². The Balaban J connectivity index is 2.45. The molecule has 0 saturated carbocycles. The third-order valence-electron chi connectivity index (χ3n) is 2.31. The Morgan fingerprint density at radius 1 is 1.13 bits per heavy atom. The predicted octanol–water partition coefficient (Wildman–Crippen LogP) is 5.19. The van der Waals surface area contributed by atoms with Crippen LogP contribution in [0.1, 0.15) is 24.6 Å². The standard InChI is InChI=1S/C13H13ClS/c1-9(2)12-8-11(14)13(15-12)10-6-4-3-5-7-10/h3-9H,1-2H3. The fourth-order valence-corrected chi connectivity index (χ4v) is 2.92. The van der Waals surface area contributed by atoms with Gasteiger partial charge in [0.1, 0.15) is 0 Å². The number of thiophene rings is 1. The van der Waals surface area contributed by atoms with Crippen LogP contribution in [0.2, 0.25) is 5.02 Å². The second-order valence-corrected chi connectivity index (χ2v) is 5.34. The van der Waals surface area contributed by atoms with Gasteiger partial charge in [-0.1, -0.05) is 55.8 Å². The number of benzene rings is 1. The van der Waals surface area contributed by atoms with E-state index in [4.69, 9.17) is 11.6 Å². The van der Waals surface area contributed by atoms with E-state index < -0.39 is 0 Å². The Morgan fingerprint density at radius 3 is 2.33 bits per heavy atom. The molecule has 0 bridgehead atoms.